The van der Waals surface area contributed by atoms with Crippen LogP contribution >= 0.6 is 0 Å². The topological polar surface area (TPSA) is 60.5 Å². The van der Waals surface area contributed by atoms with Crippen molar-refractivity contribution in [3.05, 3.63) is 24.5 Å². The van der Waals surface area contributed by atoms with Gasteiger partial charge in [0.1, 0.15) is 18.0 Å². The second-order valence-electron chi connectivity index (χ2n) is 4.47. The quantitative estimate of drug-likeness (QED) is 0.815. The molecule has 1 N–H and O–H groups in total. The summed E-state index contributed by atoms with van der Waals surface area (Å²) in [5, 5.41) is 2.60. The molecule has 0 aliphatic heterocycles. The van der Waals surface area contributed by atoms with Gasteiger partial charge in [0.2, 0.25) is 0 Å². The molecule has 0 unspecified atom stereocenters. The number of nitrogens with zero attached hydrogens (tertiary/aromatic N) is 1. The summed E-state index contributed by atoms with van der Waals surface area (Å²) in [6, 6.07) is 3.59. The fourth-order valence-electron chi connectivity index (χ4n) is 1.07. The molecule has 0 radical (unpaired) electrons. The molecule has 1 heterocycles. The van der Waals surface area contributed by atoms with Gasteiger partial charge in [-0.25, -0.2) is 4.79 Å². The van der Waals surface area contributed by atoms with E-state index >= 15 is 0 Å². The molecular formula is C12H18N2O3. The Balaban J connectivity index is 2.14. The summed E-state index contributed by atoms with van der Waals surface area (Å²) in [4.78, 5) is 15.2. The zero-order valence-corrected chi connectivity index (χ0v) is 10.4. The van der Waals surface area contributed by atoms with Crippen LogP contribution in [0.5, 0.6) is 5.75 Å². The summed E-state index contributed by atoms with van der Waals surface area (Å²) >= 11 is 0. The standard InChI is InChI=1S/C12H18N2O3/c1-12(2,3)17-11(15)14-7-8-16-10-5-4-6-13-9-10/h4-6,9H,7-8H2,1-3H3,(H,14,15). The zero-order chi connectivity index (χ0) is 12.7. The lowest BCUT2D eigenvalue weighted by Crippen LogP contribution is -2.34. The van der Waals surface area contributed by atoms with Crippen molar-refractivity contribution in [2.45, 2.75) is 26.4 Å². The Labute approximate surface area is 101 Å². The fraction of sp³-hybridized carbons (Fsp3) is 0.500. The largest absolute Gasteiger partial charge is 0.490 e. The van der Waals surface area contributed by atoms with Crippen molar-refractivity contribution >= 4 is 6.09 Å². The average Bonchev–Trinajstić information content (AvgIpc) is 2.23. The maximum absolute atomic E-state index is 11.3. The van der Waals surface area contributed by atoms with E-state index in [1.807, 2.05) is 20.8 Å². The summed E-state index contributed by atoms with van der Waals surface area (Å²) in [6.45, 7) is 6.23. The summed E-state index contributed by atoms with van der Waals surface area (Å²) < 4.78 is 10.4. The van der Waals surface area contributed by atoms with Crippen molar-refractivity contribution in [1.82, 2.24) is 10.3 Å². The maximum atomic E-state index is 11.3. The SMILES string of the molecule is CC(C)(C)OC(=O)NCCOc1cccnc1. The number of aromatic nitrogens is 1. The molecule has 0 fully saturated rings. The van der Waals surface area contributed by atoms with Gasteiger partial charge in [-0.2, -0.15) is 0 Å². The van der Waals surface area contributed by atoms with E-state index in [4.69, 9.17) is 9.47 Å². The van der Waals surface area contributed by atoms with Crippen LogP contribution in [0, 0.1) is 0 Å². The monoisotopic (exact) mass is 238 g/mol. The third-order valence-electron chi connectivity index (χ3n) is 1.67. The molecule has 1 rings (SSSR count). The predicted molar refractivity (Wildman–Crippen MR) is 64.0 cm³/mol. The first-order valence-electron chi connectivity index (χ1n) is 5.47. The second kappa shape index (κ2) is 6.08. The molecule has 0 saturated heterocycles. The Hall–Kier alpha value is -1.78. The Morgan fingerprint density at radius 2 is 2.24 bits per heavy atom. The molecule has 0 aliphatic carbocycles. The van der Waals surface area contributed by atoms with Crippen LogP contribution < -0.4 is 10.1 Å². The van der Waals surface area contributed by atoms with E-state index in [1.165, 1.54) is 0 Å². The lowest BCUT2D eigenvalue weighted by Gasteiger charge is -2.19. The van der Waals surface area contributed by atoms with E-state index in [9.17, 15) is 4.79 Å². The minimum Gasteiger partial charge on any atom is -0.490 e. The van der Waals surface area contributed by atoms with E-state index in [1.54, 1.807) is 24.5 Å². The van der Waals surface area contributed by atoms with Crippen molar-refractivity contribution in [3.63, 3.8) is 0 Å². The molecule has 0 saturated carbocycles. The molecule has 1 aromatic heterocycles. The maximum Gasteiger partial charge on any atom is 0.407 e. The highest BCUT2D eigenvalue weighted by Crippen LogP contribution is 2.07. The highest BCUT2D eigenvalue weighted by Gasteiger charge is 2.15. The molecule has 5 nitrogen and oxygen atoms in total. The number of carbonyl (C=O) groups is 1. The van der Waals surface area contributed by atoms with Gasteiger partial charge in [-0.05, 0) is 32.9 Å². The van der Waals surface area contributed by atoms with Crippen molar-refractivity contribution in [1.29, 1.82) is 0 Å². The first-order valence-corrected chi connectivity index (χ1v) is 5.47. The Morgan fingerprint density at radius 3 is 2.82 bits per heavy atom. The normalized spacial score (nSPS) is 10.8. The van der Waals surface area contributed by atoms with Crippen LogP contribution in [0.3, 0.4) is 0 Å². The second-order valence-corrected chi connectivity index (χ2v) is 4.47. The number of carbonyl (C=O) groups excluding carboxylic acids is 1. The van der Waals surface area contributed by atoms with Crippen LogP contribution in [-0.2, 0) is 4.74 Å². The van der Waals surface area contributed by atoms with E-state index in [0.717, 1.165) is 0 Å². The van der Waals surface area contributed by atoms with Gasteiger partial charge in [0.05, 0.1) is 12.7 Å². The minimum atomic E-state index is -0.478. The number of hydrogen-bond donors (Lipinski definition) is 1. The molecule has 0 spiro atoms. The van der Waals surface area contributed by atoms with Gasteiger partial charge < -0.3 is 14.8 Å². The van der Waals surface area contributed by atoms with Crippen molar-refractivity contribution in [3.8, 4) is 5.75 Å². The molecule has 94 valence electrons. The van der Waals surface area contributed by atoms with E-state index in [-0.39, 0.29) is 0 Å². The summed E-state index contributed by atoms with van der Waals surface area (Å²) in [5.74, 6) is 0.679. The molecule has 17 heavy (non-hydrogen) atoms. The number of pyridine rings is 1. The molecule has 1 amide bonds. The highest BCUT2D eigenvalue weighted by atomic mass is 16.6. The summed E-state index contributed by atoms with van der Waals surface area (Å²) in [6.07, 6.45) is 2.85. The van der Waals surface area contributed by atoms with Gasteiger partial charge >= 0.3 is 6.09 Å². The zero-order valence-electron chi connectivity index (χ0n) is 10.4. The molecule has 0 aromatic carbocycles. The van der Waals surface area contributed by atoms with Crippen molar-refractivity contribution in [2.24, 2.45) is 0 Å². The van der Waals surface area contributed by atoms with Gasteiger partial charge in [-0.3, -0.25) is 4.98 Å². The van der Waals surface area contributed by atoms with Crippen LogP contribution in [0.15, 0.2) is 24.5 Å². The summed E-state index contributed by atoms with van der Waals surface area (Å²) in [7, 11) is 0. The lowest BCUT2D eigenvalue weighted by molar-refractivity contribution is 0.0520. The van der Waals surface area contributed by atoms with Crippen LogP contribution in [-0.4, -0.2) is 29.8 Å². The van der Waals surface area contributed by atoms with Crippen LogP contribution in [0.25, 0.3) is 0 Å². The predicted octanol–water partition coefficient (Wildman–Crippen LogP) is 1.99. The number of amides is 1. The van der Waals surface area contributed by atoms with Gasteiger partial charge in [-0.15, -0.1) is 0 Å². The van der Waals surface area contributed by atoms with Gasteiger partial charge in [-0.1, -0.05) is 0 Å². The van der Waals surface area contributed by atoms with Crippen molar-refractivity contribution in [2.75, 3.05) is 13.2 Å². The third kappa shape index (κ3) is 6.40. The minimum absolute atomic E-state index is 0.380. The van der Waals surface area contributed by atoms with E-state index < -0.39 is 11.7 Å². The van der Waals surface area contributed by atoms with Gasteiger partial charge in [0.15, 0.2) is 0 Å². The van der Waals surface area contributed by atoms with E-state index in [2.05, 4.69) is 10.3 Å². The lowest BCUT2D eigenvalue weighted by atomic mass is 10.2. The van der Waals surface area contributed by atoms with Crippen molar-refractivity contribution < 1.29 is 14.3 Å². The first-order chi connectivity index (χ1) is 7.97. The molecular weight excluding hydrogens is 220 g/mol. The summed E-state index contributed by atoms with van der Waals surface area (Å²) in [5.41, 5.74) is -0.478. The Bertz CT molecular complexity index is 347. The van der Waals surface area contributed by atoms with Gasteiger partial charge in [0, 0.05) is 6.20 Å². The van der Waals surface area contributed by atoms with Crippen LogP contribution in [0.2, 0.25) is 0 Å². The van der Waals surface area contributed by atoms with Gasteiger partial charge in [0.25, 0.3) is 0 Å². The molecule has 5 heteroatoms. The number of ether oxygens (including phenoxy) is 2. The number of nitrogens with one attached hydrogen (secondary N) is 1. The number of hydrogen-bond acceptors (Lipinski definition) is 4. The molecule has 1 aromatic rings. The van der Waals surface area contributed by atoms with Crippen LogP contribution in [0.4, 0.5) is 4.79 Å². The average molecular weight is 238 g/mol. The Kier molecular flexibility index (Phi) is 4.75. The smallest absolute Gasteiger partial charge is 0.407 e. The third-order valence-corrected chi connectivity index (χ3v) is 1.67. The number of rotatable bonds is 4. The van der Waals surface area contributed by atoms with Crippen LogP contribution in [0.1, 0.15) is 20.8 Å². The molecule has 0 bridgehead atoms. The first kappa shape index (κ1) is 13.3. The van der Waals surface area contributed by atoms with E-state index in [0.29, 0.717) is 18.9 Å². The highest BCUT2D eigenvalue weighted by molar-refractivity contribution is 5.67. The Morgan fingerprint density at radius 1 is 1.47 bits per heavy atom. The fourth-order valence-corrected chi connectivity index (χ4v) is 1.07. The molecule has 0 aliphatic rings. The number of alkyl carbamates (subject to hydrolysis) is 1. The molecule has 0 atom stereocenters.